The van der Waals surface area contributed by atoms with Gasteiger partial charge in [0.15, 0.2) is 0 Å². The van der Waals surface area contributed by atoms with E-state index in [4.69, 9.17) is 16.3 Å². The minimum absolute atomic E-state index is 0.0397. The summed E-state index contributed by atoms with van der Waals surface area (Å²) in [7, 11) is 1.60. The summed E-state index contributed by atoms with van der Waals surface area (Å²) in [5, 5.41) is 13.8. The fourth-order valence-electron chi connectivity index (χ4n) is 1.41. The van der Waals surface area contributed by atoms with Crippen molar-refractivity contribution in [1.82, 2.24) is 9.97 Å². The van der Waals surface area contributed by atoms with Crippen LogP contribution in [-0.4, -0.2) is 35.2 Å². The predicted molar refractivity (Wildman–Crippen MR) is 72.8 cm³/mol. The second kappa shape index (κ2) is 7.20. The van der Waals surface area contributed by atoms with Gasteiger partial charge >= 0.3 is 5.69 Å². The van der Waals surface area contributed by atoms with Gasteiger partial charge in [0.05, 0.1) is 4.92 Å². The molecule has 0 atom stereocenters. The molecule has 19 heavy (non-hydrogen) atoms. The summed E-state index contributed by atoms with van der Waals surface area (Å²) in [6.45, 7) is 4.87. The van der Waals surface area contributed by atoms with Crippen LogP contribution in [0.4, 0.5) is 11.5 Å². The van der Waals surface area contributed by atoms with Crippen molar-refractivity contribution in [2.24, 2.45) is 0 Å². The van der Waals surface area contributed by atoms with Gasteiger partial charge in [-0.1, -0.05) is 25.4 Å². The molecule has 1 heterocycles. The number of hydrogen-bond donors (Lipinski definition) is 1. The molecule has 0 spiro atoms. The zero-order valence-corrected chi connectivity index (χ0v) is 11.9. The SMILES string of the molecule is COCCCNc1nc(C(C)C)nc(Cl)c1[N+](=O)[O-]. The van der Waals surface area contributed by atoms with E-state index in [1.165, 1.54) is 0 Å². The minimum Gasteiger partial charge on any atom is -0.385 e. The van der Waals surface area contributed by atoms with E-state index < -0.39 is 4.92 Å². The maximum Gasteiger partial charge on any atom is 0.348 e. The molecular formula is C11H17ClN4O3. The van der Waals surface area contributed by atoms with Gasteiger partial charge in [0.25, 0.3) is 0 Å². The zero-order valence-electron chi connectivity index (χ0n) is 11.1. The van der Waals surface area contributed by atoms with E-state index in [0.717, 1.165) is 0 Å². The first-order chi connectivity index (χ1) is 8.97. The molecule has 8 heteroatoms. The fraction of sp³-hybridized carbons (Fsp3) is 0.636. The Morgan fingerprint density at radius 3 is 2.68 bits per heavy atom. The van der Waals surface area contributed by atoms with E-state index in [2.05, 4.69) is 15.3 Å². The van der Waals surface area contributed by atoms with E-state index in [0.29, 0.717) is 25.4 Å². The van der Waals surface area contributed by atoms with Gasteiger partial charge < -0.3 is 10.1 Å². The van der Waals surface area contributed by atoms with E-state index >= 15 is 0 Å². The number of methoxy groups -OCH3 is 1. The second-order valence-corrected chi connectivity index (χ2v) is 4.61. The van der Waals surface area contributed by atoms with E-state index in [1.807, 2.05) is 13.8 Å². The minimum atomic E-state index is -0.578. The van der Waals surface area contributed by atoms with Gasteiger partial charge in [-0.3, -0.25) is 10.1 Å². The van der Waals surface area contributed by atoms with Crippen LogP contribution in [-0.2, 0) is 4.74 Å². The third-order valence-electron chi connectivity index (χ3n) is 2.38. The summed E-state index contributed by atoms with van der Waals surface area (Å²) < 4.78 is 4.91. The van der Waals surface area contributed by atoms with Crippen LogP contribution >= 0.6 is 11.6 Å². The normalized spacial score (nSPS) is 10.8. The lowest BCUT2D eigenvalue weighted by Crippen LogP contribution is -2.11. The van der Waals surface area contributed by atoms with Crippen LogP contribution in [0.1, 0.15) is 32.0 Å². The molecule has 0 unspecified atom stereocenters. The van der Waals surface area contributed by atoms with E-state index in [1.54, 1.807) is 7.11 Å². The Balaban J connectivity index is 2.99. The Morgan fingerprint density at radius 1 is 1.47 bits per heavy atom. The number of nitrogens with one attached hydrogen (secondary N) is 1. The van der Waals surface area contributed by atoms with Crippen molar-refractivity contribution in [1.29, 1.82) is 0 Å². The summed E-state index contributed by atoms with van der Waals surface area (Å²) in [5.74, 6) is 0.674. The number of rotatable bonds is 7. The number of ether oxygens (including phenoxy) is 1. The van der Waals surface area contributed by atoms with Gasteiger partial charge in [0.2, 0.25) is 11.0 Å². The topological polar surface area (TPSA) is 90.2 Å². The predicted octanol–water partition coefficient (Wildman–Crippen LogP) is 2.61. The molecule has 1 aromatic heterocycles. The molecule has 106 valence electrons. The number of aromatic nitrogens is 2. The van der Waals surface area contributed by atoms with Crippen LogP contribution in [0, 0.1) is 10.1 Å². The Bertz CT molecular complexity index is 454. The molecule has 0 aliphatic carbocycles. The molecule has 1 N–H and O–H groups in total. The van der Waals surface area contributed by atoms with Crippen molar-refractivity contribution in [3.8, 4) is 0 Å². The monoisotopic (exact) mass is 288 g/mol. The van der Waals surface area contributed by atoms with Gasteiger partial charge in [-0.2, -0.15) is 0 Å². The first kappa shape index (κ1) is 15.6. The van der Waals surface area contributed by atoms with Crippen LogP contribution < -0.4 is 5.32 Å². The van der Waals surface area contributed by atoms with E-state index in [-0.39, 0.29) is 22.6 Å². The molecule has 1 rings (SSSR count). The Labute approximate surface area is 116 Å². The van der Waals surface area contributed by atoms with Gasteiger partial charge in [-0.15, -0.1) is 0 Å². The standard InChI is InChI=1S/C11H17ClN4O3/c1-7(2)10-14-9(12)8(16(17)18)11(15-10)13-5-4-6-19-3/h7H,4-6H2,1-3H3,(H,13,14,15). The zero-order chi connectivity index (χ0) is 14.4. The van der Waals surface area contributed by atoms with Crippen molar-refractivity contribution in [2.45, 2.75) is 26.2 Å². The smallest absolute Gasteiger partial charge is 0.348 e. The number of hydrogen-bond acceptors (Lipinski definition) is 6. The van der Waals surface area contributed by atoms with Crippen LogP contribution in [0.3, 0.4) is 0 Å². The molecular weight excluding hydrogens is 272 g/mol. The third kappa shape index (κ3) is 4.29. The number of nitro groups is 1. The number of nitrogens with zero attached hydrogens (tertiary/aromatic N) is 3. The fourth-order valence-corrected chi connectivity index (χ4v) is 1.66. The molecule has 0 radical (unpaired) electrons. The summed E-state index contributed by atoms with van der Waals surface area (Å²) in [5.41, 5.74) is -0.288. The summed E-state index contributed by atoms with van der Waals surface area (Å²) in [4.78, 5) is 18.5. The van der Waals surface area contributed by atoms with Gasteiger partial charge in [0, 0.05) is 26.2 Å². The van der Waals surface area contributed by atoms with Crippen LogP contribution in [0.25, 0.3) is 0 Å². The second-order valence-electron chi connectivity index (χ2n) is 4.25. The van der Waals surface area contributed by atoms with Gasteiger partial charge in [-0.25, -0.2) is 9.97 Å². The summed E-state index contributed by atoms with van der Waals surface area (Å²) in [6.07, 6.45) is 0.715. The van der Waals surface area contributed by atoms with Crippen LogP contribution in [0.15, 0.2) is 0 Å². The lowest BCUT2D eigenvalue weighted by Gasteiger charge is -2.10. The molecule has 7 nitrogen and oxygen atoms in total. The van der Waals surface area contributed by atoms with E-state index in [9.17, 15) is 10.1 Å². The quantitative estimate of drug-likeness (QED) is 0.359. The molecule has 0 fully saturated rings. The average Bonchev–Trinajstić information content (AvgIpc) is 2.33. The highest BCUT2D eigenvalue weighted by atomic mass is 35.5. The molecule has 0 aliphatic rings. The highest BCUT2D eigenvalue weighted by molar-refractivity contribution is 6.31. The van der Waals surface area contributed by atoms with Crippen molar-refractivity contribution in [3.63, 3.8) is 0 Å². The van der Waals surface area contributed by atoms with Crippen molar-refractivity contribution < 1.29 is 9.66 Å². The van der Waals surface area contributed by atoms with Crippen LogP contribution in [0.5, 0.6) is 0 Å². The molecule has 0 saturated heterocycles. The number of anilines is 1. The maximum absolute atomic E-state index is 11.0. The molecule has 0 aliphatic heterocycles. The van der Waals surface area contributed by atoms with Crippen molar-refractivity contribution in [2.75, 3.05) is 25.6 Å². The average molecular weight is 289 g/mol. The third-order valence-corrected chi connectivity index (χ3v) is 2.64. The molecule has 0 bridgehead atoms. The lowest BCUT2D eigenvalue weighted by molar-refractivity contribution is -0.384. The highest BCUT2D eigenvalue weighted by Gasteiger charge is 2.24. The van der Waals surface area contributed by atoms with Crippen molar-refractivity contribution >= 4 is 23.1 Å². The maximum atomic E-state index is 11.0. The first-order valence-corrected chi connectivity index (χ1v) is 6.29. The first-order valence-electron chi connectivity index (χ1n) is 5.92. The van der Waals surface area contributed by atoms with Crippen LogP contribution in [0.2, 0.25) is 5.15 Å². The summed E-state index contributed by atoms with van der Waals surface area (Å²) >= 11 is 5.86. The molecule has 0 amide bonds. The van der Waals surface area contributed by atoms with Gasteiger partial charge in [-0.05, 0) is 6.42 Å². The van der Waals surface area contributed by atoms with Crippen molar-refractivity contribution in [3.05, 3.63) is 21.1 Å². The highest BCUT2D eigenvalue weighted by Crippen LogP contribution is 2.30. The largest absolute Gasteiger partial charge is 0.385 e. The lowest BCUT2D eigenvalue weighted by atomic mass is 10.2. The molecule has 0 aromatic carbocycles. The molecule has 0 saturated carbocycles. The Morgan fingerprint density at radius 2 is 2.16 bits per heavy atom. The Hall–Kier alpha value is -1.47. The Kier molecular flexibility index (Phi) is 5.91. The van der Waals surface area contributed by atoms with Gasteiger partial charge in [0.1, 0.15) is 5.82 Å². The summed E-state index contributed by atoms with van der Waals surface area (Å²) in [6, 6.07) is 0. The molecule has 1 aromatic rings. The number of halogens is 1.